The summed E-state index contributed by atoms with van der Waals surface area (Å²) < 4.78 is 11.1. The Morgan fingerprint density at radius 1 is 1.10 bits per heavy atom. The van der Waals surface area contributed by atoms with E-state index in [2.05, 4.69) is 5.16 Å². The van der Waals surface area contributed by atoms with Gasteiger partial charge in [-0.1, -0.05) is 35.5 Å². The molecule has 2 aliphatic rings. The SMILES string of the molecule is O=C(CCN(CC1CCCO1)C(=O)c1cc(-c2ccccc2)on1)N1CCCCC1. The molecule has 1 aromatic heterocycles. The molecule has 2 amide bonds. The number of piperidine rings is 1. The van der Waals surface area contributed by atoms with Gasteiger partial charge in [0.05, 0.1) is 6.10 Å². The zero-order chi connectivity index (χ0) is 20.8. The number of benzene rings is 1. The Labute approximate surface area is 177 Å². The number of ether oxygens (including phenoxy) is 1. The summed E-state index contributed by atoms with van der Waals surface area (Å²) >= 11 is 0. The summed E-state index contributed by atoms with van der Waals surface area (Å²) in [6, 6.07) is 11.2. The number of carbonyl (C=O) groups excluding carboxylic acids is 2. The van der Waals surface area contributed by atoms with Crippen molar-refractivity contribution in [3.8, 4) is 11.3 Å². The molecule has 0 bridgehead atoms. The number of hydrogen-bond acceptors (Lipinski definition) is 5. The van der Waals surface area contributed by atoms with Crippen LogP contribution in [-0.4, -0.2) is 65.7 Å². The van der Waals surface area contributed by atoms with Gasteiger partial charge in [-0.2, -0.15) is 0 Å². The van der Waals surface area contributed by atoms with Crippen LogP contribution in [0.3, 0.4) is 0 Å². The van der Waals surface area contributed by atoms with Gasteiger partial charge in [0.2, 0.25) is 5.91 Å². The average Bonchev–Trinajstić information content (AvgIpc) is 3.49. The first-order valence-corrected chi connectivity index (χ1v) is 10.9. The minimum Gasteiger partial charge on any atom is -0.376 e. The molecule has 0 saturated carbocycles. The largest absolute Gasteiger partial charge is 0.376 e. The van der Waals surface area contributed by atoms with Gasteiger partial charge in [0, 0.05) is 50.8 Å². The number of aromatic nitrogens is 1. The minimum atomic E-state index is -0.220. The fourth-order valence-corrected chi connectivity index (χ4v) is 4.12. The molecular weight excluding hydrogens is 382 g/mol. The van der Waals surface area contributed by atoms with Gasteiger partial charge < -0.3 is 19.1 Å². The number of rotatable bonds is 7. The molecule has 7 heteroatoms. The Kier molecular flexibility index (Phi) is 6.79. The first-order valence-electron chi connectivity index (χ1n) is 10.9. The Morgan fingerprint density at radius 3 is 2.63 bits per heavy atom. The topological polar surface area (TPSA) is 75.9 Å². The molecule has 2 aliphatic heterocycles. The Hall–Kier alpha value is -2.67. The lowest BCUT2D eigenvalue weighted by atomic mass is 10.1. The van der Waals surface area contributed by atoms with E-state index in [1.54, 1.807) is 11.0 Å². The monoisotopic (exact) mass is 411 g/mol. The highest BCUT2D eigenvalue weighted by molar-refractivity contribution is 5.93. The predicted molar refractivity (Wildman–Crippen MR) is 112 cm³/mol. The number of nitrogens with zero attached hydrogens (tertiary/aromatic N) is 3. The van der Waals surface area contributed by atoms with Gasteiger partial charge in [0.1, 0.15) is 0 Å². The summed E-state index contributed by atoms with van der Waals surface area (Å²) in [5.74, 6) is 0.452. The normalized spacial score (nSPS) is 19.1. The van der Waals surface area contributed by atoms with E-state index in [0.29, 0.717) is 25.3 Å². The van der Waals surface area contributed by atoms with Crippen LogP contribution in [0, 0.1) is 0 Å². The molecule has 0 N–H and O–H groups in total. The van der Waals surface area contributed by atoms with Crippen LogP contribution in [0.4, 0.5) is 0 Å². The van der Waals surface area contributed by atoms with Crippen LogP contribution in [0.1, 0.15) is 49.0 Å². The molecule has 1 aromatic carbocycles. The maximum atomic E-state index is 13.2. The van der Waals surface area contributed by atoms with Crippen molar-refractivity contribution in [2.24, 2.45) is 0 Å². The molecule has 4 rings (SSSR count). The molecule has 3 heterocycles. The summed E-state index contributed by atoms with van der Waals surface area (Å²) in [5.41, 5.74) is 1.13. The van der Waals surface area contributed by atoms with Gasteiger partial charge in [-0.3, -0.25) is 9.59 Å². The van der Waals surface area contributed by atoms with E-state index in [0.717, 1.165) is 50.9 Å². The Balaban J connectivity index is 1.43. The van der Waals surface area contributed by atoms with Crippen LogP contribution in [0.25, 0.3) is 11.3 Å². The van der Waals surface area contributed by atoms with E-state index in [-0.39, 0.29) is 23.6 Å². The molecule has 1 atom stereocenters. The van der Waals surface area contributed by atoms with Crippen LogP contribution < -0.4 is 0 Å². The third-order valence-electron chi connectivity index (χ3n) is 5.83. The summed E-state index contributed by atoms with van der Waals surface area (Å²) in [7, 11) is 0. The van der Waals surface area contributed by atoms with Crippen molar-refractivity contribution in [1.29, 1.82) is 0 Å². The Morgan fingerprint density at radius 2 is 1.90 bits per heavy atom. The molecule has 7 nitrogen and oxygen atoms in total. The second kappa shape index (κ2) is 9.89. The minimum absolute atomic E-state index is 0.0135. The highest BCUT2D eigenvalue weighted by Crippen LogP contribution is 2.22. The van der Waals surface area contributed by atoms with Crippen molar-refractivity contribution in [3.05, 3.63) is 42.1 Å². The highest BCUT2D eigenvalue weighted by Gasteiger charge is 2.27. The summed E-state index contributed by atoms with van der Waals surface area (Å²) in [4.78, 5) is 29.4. The molecule has 30 heavy (non-hydrogen) atoms. The van der Waals surface area contributed by atoms with Gasteiger partial charge in [-0.05, 0) is 32.1 Å². The molecule has 0 aliphatic carbocycles. The zero-order valence-electron chi connectivity index (χ0n) is 17.3. The van der Waals surface area contributed by atoms with Crippen molar-refractivity contribution < 1.29 is 18.8 Å². The number of carbonyl (C=O) groups is 2. The summed E-state index contributed by atoms with van der Waals surface area (Å²) in [6.45, 7) is 3.20. The molecule has 2 fully saturated rings. The van der Waals surface area contributed by atoms with Crippen LogP contribution in [0.2, 0.25) is 0 Å². The van der Waals surface area contributed by atoms with Gasteiger partial charge in [0.25, 0.3) is 5.91 Å². The van der Waals surface area contributed by atoms with Gasteiger partial charge in [0.15, 0.2) is 11.5 Å². The quantitative estimate of drug-likeness (QED) is 0.698. The average molecular weight is 412 g/mol. The first-order chi connectivity index (χ1) is 14.7. The van der Waals surface area contributed by atoms with E-state index in [4.69, 9.17) is 9.26 Å². The Bertz CT molecular complexity index is 839. The second-order valence-electron chi connectivity index (χ2n) is 8.02. The first kappa shape index (κ1) is 20.6. The number of likely N-dealkylation sites (tertiary alicyclic amines) is 1. The smallest absolute Gasteiger partial charge is 0.276 e. The number of amides is 2. The van der Waals surface area contributed by atoms with E-state index < -0.39 is 0 Å². The summed E-state index contributed by atoms with van der Waals surface area (Å²) in [6.07, 6.45) is 5.57. The maximum absolute atomic E-state index is 13.2. The molecular formula is C23H29N3O4. The van der Waals surface area contributed by atoms with E-state index in [9.17, 15) is 9.59 Å². The lowest BCUT2D eigenvalue weighted by molar-refractivity contribution is -0.132. The predicted octanol–water partition coefficient (Wildman–Crippen LogP) is 3.37. The third-order valence-corrected chi connectivity index (χ3v) is 5.83. The molecule has 160 valence electrons. The lowest BCUT2D eigenvalue weighted by Crippen LogP contribution is -2.42. The fourth-order valence-electron chi connectivity index (χ4n) is 4.12. The van der Waals surface area contributed by atoms with E-state index >= 15 is 0 Å². The fraction of sp³-hybridized carbons (Fsp3) is 0.522. The van der Waals surface area contributed by atoms with Gasteiger partial charge in [-0.25, -0.2) is 0 Å². The zero-order valence-corrected chi connectivity index (χ0v) is 17.3. The molecule has 2 saturated heterocycles. The van der Waals surface area contributed by atoms with Crippen LogP contribution in [0.5, 0.6) is 0 Å². The van der Waals surface area contributed by atoms with Crippen LogP contribution in [0.15, 0.2) is 40.9 Å². The van der Waals surface area contributed by atoms with Crippen molar-refractivity contribution in [2.75, 3.05) is 32.8 Å². The second-order valence-corrected chi connectivity index (χ2v) is 8.02. The van der Waals surface area contributed by atoms with Crippen molar-refractivity contribution in [2.45, 2.75) is 44.6 Å². The van der Waals surface area contributed by atoms with E-state index in [1.165, 1.54) is 6.42 Å². The molecule has 0 radical (unpaired) electrons. The van der Waals surface area contributed by atoms with Crippen LogP contribution >= 0.6 is 0 Å². The maximum Gasteiger partial charge on any atom is 0.276 e. The van der Waals surface area contributed by atoms with Crippen molar-refractivity contribution in [3.63, 3.8) is 0 Å². The molecule has 2 aromatic rings. The molecule has 0 spiro atoms. The van der Waals surface area contributed by atoms with E-state index in [1.807, 2.05) is 35.2 Å². The van der Waals surface area contributed by atoms with Crippen LogP contribution in [-0.2, 0) is 9.53 Å². The van der Waals surface area contributed by atoms with Crippen molar-refractivity contribution >= 4 is 11.8 Å². The molecule has 1 unspecified atom stereocenters. The standard InChI is InChI=1S/C23H29N3O4/c27-22(25-12-5-2-6-13-25)11-14-26(17-19-10-7-15-29-19)23(28)20-16-21(30-24-20)18-8-3-1-4-9-18/h1,3-4,8-9,16,19H,2,5-7,10-15,17H2. The van der Waals surface area contributed by atoms with Crippen molar-refractivity contribution in [1.82, 2.24) is 15.0 Å². The van der Waals surface area contributed by atoms with Gasteiger partial charge in [-0.15, -0.1) is 0 Å². The summed E-state index contributed by atoms with van der Waals surface area (Å²) in [5, 5.41) is 4.00. The number of hydrogen-bond donors (Lipinski definition) is 0. The lowest BCUT2D eigenvalue weighted by Gasteiger charge is -2.29. The van der Waals surface area contributed by atoms with Gasteiger partial charge >= 0.3 is 0 Å². The third kappa shape index (κ3) is 5.08. The highest BCUT2D eigenvalue weighted by atomic mass is 16.5.